The van der Waals surface area contributed by atoms with Gasteiger partial charge in [0, 0.05) is 20.2 Å². The van der Waals surface area contributed by atoms with Gasteiger partial charge in [-0.15, -0.1) is 0 Å². The van der Waals surface area contributed by atoms with Gasteiger partial charge in [0.2, 0.25) is 5.91 Å². The van der Waals surface area contributed by atoms with Gasteiger partial charge in [-0.2, -0.15) is 0 Å². The van der Waals surface area contributed by atoms with E-state index in [-0.39, 0.29) is 11.3 Å². The van der Waals surface area contributed by atoms with E-state index in [2.05, 4.69) is 5.32 Å². The van der Waals surface area contributed by atoms with Crippen LogP contribution in [-0.4, -0.2) is 43.9 Å². The number of nitrogens with two attached hydrogens (primary N) is 1. The number of carbonyl (C=O) groups is 1. The Morgan fingerprint density at radius 3 is 2.67 bits per heavy atom. The molecule has 0 aromatic rings. The third kappa shape index (κ3) is 4.23. The van der Waals surface area contributed by atoms with Gasteiger partial charge in [-0.1, -0.05) is 19.3 Å². The van der Waals surface area contributed by atoms with Crippen LogP contribution in [0.25, 0.3) is 0 Å². The van der Waals surface area contributed by atoms with Crippen molar-refractivity contribution in [2.24, 2.45) is 11.1 Å². The molecule has 1 fully saturated rings. The van der Waals surface area contributed by atoms with E-state index in [1.807, 2.05) is 0 Å². The number of nitrogens with one attached hydrogen (secondary N) is 1. The molecule has 0 aromatic carbocycles. The molecular weight excluding hydrogens is 232 g/mol. The maximum Gasteiger partial charge on any atom is 0.227 e. The van der Waals surface area contributed by atoms with E-state index in [4.69, 9.17) is 10.5 Å². The summed E-state index contributed by atoms with van der Waals surface area (Å²) in [4.78, 5) is 12.2. The molecule has 0 saturated heterocycles. The van der Waals surface area contributed by atoms with Gasteiger partial charge in [0.1, 0.15) is 0 Å². The van der Waals surface area contributed by atoms with Crippen molar-refractivity contribution in [1.29, 1.82) is 0 Å². The van der Waals surface area contributed by atoms with Gasteiger partial charge in [-0.25, -0.2) is 0 Å². The molecule has 106 valence electrons. The average Bonchev–Trinajstić information content (AvgIpc) is 2.39. The summed E-state index contributed by atoms with van der Waals surface area (Å²) < 4.78 is 4.84. The number of ether oxygens (including phenoxy) is 1. The summed E-state index contributed by atoms with van der Waals surface area (Å²) >= 11 is 0. The number of carbonyl (C=O) groups excluding carboxylic acids is 1. The summed E-state index contributed by atoms with van der Waals surface area (Å²) in [7, 11) is 1.55. The minimum Gasteiger partial charge on any atom is -0.391 e. The van der Waals surface area contributed by atoms with Crippen molar-refractivity contribution in [3.63, 3.8) is 0 Å². The quantitative estimate of drug-likeness (QED) is 0.617. The largest absolute Gasteiger partial charge is 0.391 e. The van der Waals surface area contributed by atoms with Crippen LogP contribution in [0.15, 0.2) is 0 Å². The first-order chi connectivity index (χ1) is 8.64. The highest BCUT2D eigenvalue weighted by Crippen LogP contribution is 2.35. The van der Waals surface area contributed by atoms with Crippen molar-refractivity contribution >= 4 is 5.91 Å². The predicted molar refractivity (Wildman–Crippen MR) is 70.1 cm³/mol. The molecule has 0 bridgehead atoms. The summed E-state index contributed by atoms with van der Waals surface area (Å²) in [5.74, 6) is 0.0503. The standard InChI is InChI=1S/C13H26N2O3/c1-18-9-11(16)5-8-15-12(17)13(10-14)6-3-2-4-7-13/h11,16H,2-10,14H2,1H3,(H,15,17). The number of methoxy groups -OCH3 is 1. The van der Waals surface area contributed by atoms with Crippen LogP contribution < -0.4 is 11.1 Å². The molecule has 1 atom stereocenters. The van der Waals surface area contributed by atoms with Crippen molar-refractivity contribution < 1.29 is 14.6 Å². The summed E-state index contributed by atoms with van der Waals surface area (Å²) in [6.45, 7) is 1.20. The Morgan fingerprint density at radius 1 is 1.44 bits per heavy atom. The molecule has 5 nitrogen and oxygen atoms in total. The van der Waals surface area contributed by atoms with Gasteiger partial charge < -0.3 is 20.9 Å². The highest BCUT2D eigenvalue weighted by Gasteiger charge is 2.37. The minimum absolute atomic E-state index is 0.0503. The molecule has 1 unspecified atom stereocenters. The highest BCUT2D eigenvalue weighted by molar-refractivity contribution is 5.82. The van der Waals surface area contributed by atoms with Crippen LogP contribution in [0.1, 0.15) is 38.5 Å². The lowest BCUT2D eigenvalue weighted by atomic mass is 9.73. The second-order valence-corrected chi connectivity index (χ2v) is 5.20. The summed E-state index contributed by atoms with van der Waals surface area (Å²) in [5, 5.41) is 12.4. The van der Waals surface area contributed by atoms with Gasteiger partial charge in [-0.3, -0.25) is 4.79 Å². The fourth-order valence-electron chi connectivity index (χ4n) is 2.57. The molecule has 1 aliphatic rings. The first-order valence-corrected chi connectivity index (χ1v) is 6.80. The molecule has 0 aliphatic heterocycles. The average molecular weight is 258 g/mol. The Morgan fingerprint density at radius 2 is 2.11 bits per heavy atom. The van der Waals surface area contributed by atoms with E-state index in [0.717, 1.165) is 25.7 Å². The maximum absolute atomic E-state index is 12.2. The first kappa shape index (κ1) is 15.4. The number of hydrogen-bond acceptors (Lipinski definition) is 4. The molecule has 18 heavy (non-hydrogen) atoms. The zero-order chi connectivity index (χ0) is 13.4. The lowest BCUT2D eigenvalue weighted by molar-refractivity contribution is -0.132. The van der Waals surface area contributed by atoms with Crippen LogP contribution in [-0.2, 0) is 9.53 Å². The highest BCUT2D eigenvalue weighted by atomic mass is 16.5. The van der Waals surface area contributed by atoms with E-state index < -0.39 is 6.10 Å². The molecule has 1 amide bonds. The Hall–Kier alpha value is -0.650. The Bertz CT molecular complexity index is 253. The monoisotopic (exact) mass is 258 g/mol. The fourth-order valence-corrected chi connectivity index (χ4v) is 2.57. The normalized spacial score (nSPS) is 20.4. The second-order valence-electron chi connectivity index (χ2n) is 5.20. The molecule has 5 heteroatoms. The van der Waals surface area contributed by atoms with Gasteiger partial charge in [0.25, 0.3) is 0 Å². The van der Waals surface area contributed by atoms with Crippen LogP contribution in [0.3, 0.4) is 0 Å². The molecule has 1 aliphatic carbocycles. The molecule has 1 rings (SSSR count). The zero-order valence-corrected chi connectivity index (χ0v) is 11.3. The third-order valence-corrected chi connectivity index (χ3v) is 3.81. The Labute approximate surface area is 109 Å². The van der Waals surface area contributed by atoms with E-state index in [9.17, 15) is 9.90 Å². The number of rotatable bonds is 7. The lowest BCUT2D eigenvalue weighted by Crippen LogP contribution is -2.47. The van der Waals surface area contributed by atoms with Crippen molar-refractivity contribution in [3.8, 4) is 0 Å². The summed E-state index contributed by atoms with van der Waals surface area (Å²) in [6, 6.07) is 0. The lowest BCUT2D eigenvalue weighted by Gasteiger charge is -2.34. The minimum atomic E-state index is -0.518. The van der Waals surface area contributed by atoms with Crippen LogP contribution in [0, 0.1) is 5.41 Å². The third-order valence-electron chi connectivity index (χ3n) is 3.81. The predicted octanol–water partition coefficient (Wildman–Crippen LogP) is 0.409. The molecule has 0 radical (unpaired) electrons. The van der Waals surface area contributed by atoms with Gasteiger partial charge >= 0.3 is 0 Å². The van der Waals surface area contributed by atoms with Crippen molar-refractivity contribution in [1.82, 2.24) is 5.32 Å². The number of aliphatic hydroxyl groups is 1. The molecule has 0 aromatic heterocycles. The number of hydrogen-bond donors (Lipinski definition) is 3. The van der Waals surface area contributed by atoms with E-state index in [1.54, 1.807) is 7.11 Å². The van der Waals surface area contributed by atoms with E-state index >= 15 is 0 Å². The van der Waals surface area contributed by atoms with Crippen LogP contribution >= 0.6 is 0 Å². The van der Waals surface area contributed by atoms with Crippen LogP contribution in [0.4, 0.5) is 0 Å². The Balaban J connectivity index is 2.34. The SMILES string of the molecule is COCC(O)CCNC(=O)C1(CN)CCCCC1. The van der Waals surface area contributed by atoms with Crippen LogP contribution in [0.5, 0.6) is 0 Å². The van der Waals surface area contributed by atoms with E-state index in [1.165, 1.54) is 6.42 Å². The molecular formula is C13H26N2O3. The smallest absolute Gasteiger partial charge is 0.227 e. The van der Waals surface area contributed by atoms with Crippen molar-refractivity contribution in [2.75, 3.05) is 26.8 Å². The molecule has 0 heterocycles. The fraction of sp³-hybridized carbons (Fsp3) is 0.923. The van der Waals surface area contributed by atoms with Crippen molar-refractivity contribution in [2.45, 2.75) is 44.6 Å². The molecule has 0 spiro atoms. The van der Waals surface area contributed by atoms with Crippen molar-refractivity contribution in [3.05, 3.63) is 0 Å². The van der Waals surface area contributed by atoms with E-state index in [0.29, 0.717) is 26.1 Å². The van der Waals surface area contributed by atoms with Gasteiger partial charge in [-0.05, 0) is 19.3 Å². The number of amides is 1. The topological polar surface area (TPSA) is 84.6 Å². The molecule has 4 N–H and O–H groups in total. The Kier molecular flexibility index (Phi) is 6.60. The van der Waals surface area contributed by atoms with Gasteiger partial charge in [0.05, 0.1) is 18.1 Å². The summed E-state index contributed by atoms with van der Waals surface area (Å²) in [6.07, 6.45) is 5.12. The first-order valence-electron chi connectivity index (χ1n) is 6.80. The summed E-state index contributed by atoms with van der Waals surface area (Å²) in [5.41, 5.74) is 5.42. The zero-order valence-electron chi connectivity index (χ0n) is 11.3. The maximum atomic E-state index is 12.2. The second kappa shape index (κ2) is 7.71. The van der Waals surface area contributed by atoms with Crippen LogP contribution in [0.2, 0.25) is 0 Å². The molecule has 1 saturated carbocycles. The van der Waals surface area contributed by atoms with Gasteiger partial charge in [0.15, 0.2) is 0 Å². The number of aliphatic hydroxyl groups excluding tert-OH is 1.